The van der Waals surface area contributed by atoms with Crippen molar-refractivity contribution in [2.45, 2.75) is 140 Å². The molecule has 0 aliphatic heterocycles. The number of benzene rings is 1. The predicted octanol–water partition coefficient (Wildman–Crippen LogP) is 8.79. The Morgan fingerprint density at radius 3 is 1.63 bits per heavy atom. The molecule has 8 N–H and O–H groups in total. The minimum Gasteiger partial charge on any atom is -0.515 e. The van der Waals surface area contributed by atoms with E-state index in [1.807, 2.05) is 41.5 Å². The van der Waals surface area contributed by atoms with Gasteiger partial charge in [-0.15, -0.1) is 0 Å². The second kappa shape index (κ2) is 37.4. The van der Waals surface area contributed by atoms with Crippen LogP contribution in [0.3, 0.4) is 0 Å². The highest BCUT2D eigenvalue weighted by molar-refractivity contribution is 5.87. The van der Waals surface area contributed by atoms with Crippen LogP contribution in [0.4, 0.5) is 0 Å². The molecule has 1 aliphatic carbocycles. The monoisotopic (exact) mass is 995 g/mol. The SMILES string of the molecule is C.C=C(C)C(=C)OC(COC(O)c1cc(C(OCC(COC(O)C(=C)C)OC(=O)C(=C)C)=C2CC2)cc([C@H](CO)OCC(C)CO[C@H](O)C(C)C)c1)COC(O)C(C)C.C=CC(=CO)C(=C)C.CC.O. The molecule has 16 nitrogen and oxygen atoms in total. The van der Waals surface area contributed by atoms with Crippen molar-refractivity contribution in [3.63, 3.8) is 0 Å². The fourth-order valence-electron chi connectivity index (χ4n) is 5.19. The summed E-state index contributed by atoms with van der Waals surface area (Å²) in [5, 5.41) is 61.0. The number of carbonyl (C=O) groups is 1. The third-order valence-electron chi connectivity index (χ3n) is 9.58. The zero-order valence-corrected chi connectivity index (χ0v) is 43.1. The van der Waals surface area contributed by atoms with Gasteiger partial charge in [0.25, 0.3) is 0 Å². The van der Waals surface area contributed by atoms with Crippen molar-refractivity contribution < 1.29 is 78.8 Å². The molecule has 0 aromatic heterocycles. The zero-order chi connectivity index (χ0) is 52.3. The maximum absolute atomic E-state index is 12.5. The molecule has 1 aliphatic rings. The topological polar surface area (TPSA) is 244 Å². The Morgan fingerprint density at radius 2 is 1.19 bits per heavy atom. The van der Waals surface area contributed by atoms with Crippen molar-refractivity contribution in [2.75, 3.05) is 46.2 Å². The van der Waals surface area contributed by atoms with Crippen LogP contribution in [-0.4, -0.2) is 119 Å². The molecule has 8 atom stereocenters. The summed E-state index contributed by atoms with van der Waals surface area (Å²) in [5.74, 6) is -0.309. The van der Waals surface area contributed by atoms with E-state index in [2.05, 4.69) is 39.5 Å². The Kier molecular flexibility index (Phi) is 37.3. The van der Waals surface area contributed by atoms with E-state index in [-0.39, 0.29) is 75.9 Å². The van der Waals surface area contributed by atoms with Gasteiger partial charge in [-0.1, -0.05) is 101 Å². The maximum Gasteiger partial charge on any atom is 0.333 e. The van der Waals surface area contributed by atoms with Crippen LogP contribution in [0.1, 0.15) is 126 Å². The van der Waals surface area contributed by atoms with Crippen molar-refractivity contribution in [3.8, 4) is 0 Å². The Balaban J connectivity index is -0.00000338. The van der Waals surface area contributed by atoms with E-state index in [0.29, 0.717) is 44.9 Å². The molecule has 1 aromatic rings. The summed E-state index contributed by atoms with van der Waals surface area (Å²) in [4.78, 5) is 12.5. The van der Waals surface area contributed by atoms with Crippen molar-refractivity contribution in [1.29, 1.82) is 0 Å². The summed E-state index contributed by atoms with van der Waals surface area (Å²) >= 11 is 0. The van der Waals surface area contributed by atoms with Gasteiger partial charge < -0.3 is 74.0 Å². The molecule has 2 rings (SSSR count). The van der Waals surface area contributed by atoms with Crippen LogP contribution in [0.25, 0.3) is 5.76 Å². The third kappa shape index (κ3) is 27.8. The van der Waals surface area contributed by atoms with Gasteiger partial charge >= 0.3 is 5.97 Å². The Labute approximate surface area is 419 Å². The first-order valence-corrected chi connectivity index (χ1v) is 23.0. The van der Waals surface area contributed by atoms with Crippen LogP contribution in [-0.2, 0) is 42.7 Å². The molecule has 70 heavy (non-hydrogen) atoms. The van der Waals surface area contributed by atoms with E-state index in [4.69, 9.17) is 43.0 Å². The summed E-state index contributed by atoms with van der Waals surface area (Å²) in [6, 6.07) is 5.12. The van der Waals surface area contributed by atoms with Crippen LogP contribution in [0.2, 0.25) is 0 Å². The number of carbonyl (C=O) groups excluding carboxylic acids is 1. The first kappa shape index (κ1) is 69.8. The summed E-state index contributed by atoms with van der Waals surface area (Å²) in [5.41, 5.74) is 4.90. The largest absolute Gasteiger partial charge is 0.515 e. The third-order valence-corrected chi connectivity index (χ3v) is 9.58. The Hall–Kier alpha value is -4.43. The van der Waals surface area contributed by atoms with Gasteiger partial charge in [0.15, 0.2) is 31.3 Å². The number of esters is 1. The Bertz CT molecular complexity index is 1810. The number of allylic oxidation sites excluding steroid dienone is 5. The highest BCUT2D eigenvalue weighted by Crippen LogP contribution is 2.39. The van der Waals surface area contributed by atoms with E-state index in [0.717, 1.165) is 30.2 Å². The zero-order valence-electron chi connectivity index (χ0n) is 43.1. The molecule has 1 fully saturated rings. The van der Waals surface area contributed by atoms with E-state index in [1.165, 1.54) is 6.92 Å². The molecule has 0 bridgehead atoms. The van der Waals surface area contributed by atoms with Crippen molar-refractivity contribution in [3.05, 3.63) is 126 Å². The molecule has 1 saturated carbocycles. The van der Waals surface area contributed by atoms with Crippen LogP contribution in [0, 0.1) is 17.8 Å². The lowest BCUT2D eigenvalue weighted by Gasteiger charge is -2.26. The number of aliphatic hydroxyl groups is 6. The molecular formula is C54H90O16. The maximum atomic E-state index is 12.5. The number of aliphatic hydroxyl groups excluding tert-OH is 6. The van der Waals surface area contributed by atoms with Crippen molar-refractivity contribution in [1.82, 2.24) is 0 Å². The number of hydrogen-bond acceptors (Lipinski definition) is 15. The lowest BCUT2D eigenvalue weighted by Crippen LogP contribution is -2.31. The molecule has 6 unspecified atom stereocenters. The van der Waals surface area contributed by atoms with E-state index >= 15 is 0 Å². The molecule has 16 heteroatoms. The summed E-state index contributed by atoms with van der Waals surface area (Å²) in [6.45, 7) is 41.4. The normalized spacial score (nSPS) is 15.2. The minimum absolute atomic E-state index is 0. The summed E-state index contributed by atoms with van der Waals surface area (Å²) in [7, 11) is 0. The minimum atomic E-state index is -1.52. The smallest absolute Gasteiger partial charge is 0.333 e. The average Bonchev–Trinajstić information content (AvgIpc) is 4.14. The fourth-order valence-corrected chi connectivity index (χ4v) is 5.19. The predicted molar refractivity (Wildman–Crippen MR) is 276 cm³/mol. The van der Waals surface area contributed by atoms with Crippen LogP contribution >= 0.6 is 0 Å². The highest BCUT2D eigenvalue weighted by Gasteiger charge is 2.28. The van der Waals surface area contributed by atoms with E-state index < -0.39 is 56.0 Å². The first-order chi connectivity index (χ1) is 31.9. The van der Waals surface area contributed by atoms with Gasteiger partial charge in [-0.3, -0.25) is 0 Å². The lowest BCUT2D eigenvalue weighted by atomic mass is 9.99. The Morgan fingerprint density at radius 1 is 0.686 bits per heavy atom. The van der Waals surface area contributed by atoms with Gasteiger partial charge in [-0.2, -0.15) is 0 Å². The van der Waals surface area contributed by atoms with Gasteiger partial charge in [-0.05, 0) is 86.6 Å². The summed E-state index contributed by atoms with van der Waals surface area (Å²) in [6.07, 6.45) is -3.36. The summed E-state index contributed by atoms with van der Waals surface area (Å²) < 4.78 is 46.6. The molecule has 0 amide bonds. The second-order valence-corrected chi connectivity index (χ2v) is 17.2. The van der Waals surface area contributed by atoms with E-state index in [1.54, 1.807) is 52.0 Å². The molecule has 0 saturated heterocycles. The van der Waals surface area contributed by atoms with E-state index in [9.17, 15) is 30.3 Å². The fraction of sp³-hybridized carbons (Fsp3) is 0.574. The number of ether oxygens (including phenoxy) is 8. The molecule has 402 valence electrons. The van der Waals surface area contributed by atoms with Crippen LogP contribution in [0.5, 0.6) is 0 Å². The van der Waals surface area contributed by atoms with Gasteiger partial charge in [0.05, 0.1) is 45.9 Å². The average molecular weight is 995 g/mol. The van der Waals surface area contributed by atoms with Crippen molar-refractivity contribution >= 4 is 11.7 Å². The second-order valence-electron chi connectivity index (χ2n) is 17.2. The van der Waals surface area contributed by atoms with Crippen molar-refractivity contribution in [2.24, 2.45) is 17.8 Å². The van der Waals surface area contributed by atoms with Gasteiger partial charge in [-0.25, -0.2) is 4.79 Å². The molecule has 1 aromatic carbocycles. The number of hydrogen-bond donors (Lipinski definition) is 6. The standard InChI is InChI=1S/C44H68O14.C7H10O.C2H6.CH4.H2O/c1-25(2)31(12)57-36(22-54-41(47)27(5)6)23-56-44(50)35-16-33(38(18-45)51-19-30(11)20-53-40(46)26(3)4)15-34(17-35)39(32-13-14-32)52-21-37(58-43(49)29(9)10)24-55-42(48)28(7)8;1-4-7(5-8)6(2)3;1-2;;/h15-17,26-27,30,36-38,40-42,44-48,50H,1,7,9,12-14,18-24H2,2-6,8,10-11H3;4-5,8H,1-2H2,3H3;1-2H3;1H4;1H2/t30?,36?,37?,38-,40-,41?,42?,44?;;;;/m0..../s1. The van der Waals surface area contributed by atoms with Gasteiger partial charge in [0.2, 0.25) is 0 Å². The van der Waals surface area contributed by atoms with Gasteiger partial charge in [0.1, 0.15) is 30.3 Å². The quantitative estimate of drug-likeness (QED) is 0.00987. The first-order valence-electron chi connectivity index (χ1n) is 23.0. The van der Waals surface area contributed by atoms with Gasteiger partial charge in [0, 0.05) is 40.0 Å². The molecular weight excluding hydrogens is 905 g/mol. The molecule has 0 radical (unpaired) electrons. The highest BCUT2D eigenvalue weighted by atomic mass is 16.6. The van der Waals surface area contributed by atoms with Crippen LogP contribution in [0.15, 0.2) is 109 Å². The molecule has 0 spiro atoms. The number of rotatable bonds is 32. The lowest BCUT2D eigenvalue weighted by molar-refractivity contribution is -0.171. The molecule has 0 heterocycles. The van der Waals surface area contributed by atoms with Crippen LogP contribution < -0.4 is 0 Å².